The Morgan fingerprint density at radius 2 is 1.64 bits per heavy atom. The van der Waals surface area contributed by atoms with Gasteiger partial charge in [-0.05, 0) is 11.1 Å². The molecule has 0 saturated carbocycles. The quantitative estimate of drug-likeness (QED) is 0.700. The average molecular weight is 393 g/mol. The Morgan fingerprint density at radius 1 is 0.964 bits per heavy atom. The van der Waals surface area contributed by atoms with Crippen LogP contribution in [0.4, 0.5) is 5.13 Å². The predicted octanol–water partition coefficient (Wildman–Crippen LogP) is 3.25. The maximum atomic E-state index is 12.2. The fraction of sp³-hybridized carbons (Fsp3) is 0.273. The molecule has 144 valence electrons. The van der Waals surface area contributed by atoms with Crippen LogP contribution in [0.25, 0.3) is 10.4 Å². The summed E-state index contributed by atoms with van der Waals surface area (Å²) in [6.07, 6.45) is 1.96. The van der Waals surface area contributed by atoms with Crippen LogP contribution in [0.3, 0.4) is 0 Å². The van der Waals surface area contributed by atoms with E-state index < -0.39 is 0 Å². The third kappa shape index (κ3) is 4.77. The lowest BCUT2D eigenvalue weighted by Gasteiger charge is -2.34. The van der Waals surface area contributed by atoms with Crippen LogP contribution in [-0.4, -0.2) is 48.5 Å². The van der Waals surface area contributed by atoms with Gasteiger partial charge in [0.05, 0.1) is 11.4 Å². The Bertz CT molecular complexity index is 889. The Balaban J connectivity index is 1.24. The standard InChI is InChI=1S/C22H24N4OS/c27-21(23-15-18-7-3-1-4-8-18)17-25-11-13-26(14-12-25)22-24-16-20(28-22)19-9-5-2-6-10-19/h1-10,16H,11-15,17H2,(H,23,27). The first kappa shape index (κ1) is 18.7. The molecule has 1 amide bonds. The van der Waals surface area contributed by atoms with Gasteiger partial charge in [-0.2, -0.15) is 0 Å². The van der Waals surface area contributed by atoms with Crippen LogP contribution in [0.5, 0.6) is 0 Å². The second-order valence-corrected chi connectivity index (χ2v) is 7.91. The fourth-order valence-corrected chi connectivity index (χ4v) is 4.27. The van der Waals surface area contributed by atoms with Gasteiger partial charge in [-0.1, -0.05) is 72.0 Å². The first-order valence-corrected chi connectivity index (χ1v) is 10.4. The van der Waals surface area contributed by atoms with Crippen LogP contribution in [0.15, 0.2) is 66.9 Å². The minimum atomic E-state index is 0.0814. The van der Waals surface area contributed by atoms with E-state index in [4.69, 9.17) is 0 Å². The van der Waals surface area contributed by atoms with Crippen LogP contribution in [0, 0.1) is 0 Å². The summed E-state index contributed by atoms with van der Waals surface area (Å²) in [7, 11) is 0. The van der Waals surface area contributed by atoms with Crippen LogP contribution in [0.1, 0.15) is 5.56 Å². The zero-order valence-corrected chi connectivity index (χ0v) is 16.6. The molecule has 1 aromatic heterocycles. The molecule has 1 fully saturated rings. The molecule has 0 aliphatic carbocycles. The molecule has 5 nitrogen and oxygen atoms in total. The Kier molecular flexibility index (Phi) is 5.99. The number of rotatable bonds is 6. The average Bonchev–Trinajstić information content (AvgIpc) is 3.25. The SMILES string of the molecule is O=C(CN1CCN(c2ncc(-c3ccccc3)s2)CC1)NCc1ccccc1. The van der Waals surface area contributed by atoms with E-state index in [1.165, 1.54) is 10.4 Å². The number of carbonyl (C=O) groups is 1. The highest BCUT2D eigenvalue weighted by Gasteiger charge is 2.21. The second-order valence-electron chi connectivity index (χ2n) is 6.90. The number of anilines is 1. The van der Waals surface area contributed by atoms with Crippen molar-refractivity contribution in [3.8, 4) is 10.4 Å². The van der Waals surface area contributed by atoms with Gasteiger partial charge >= 0.3 is 0 Å². The third-order valence-electron chi connectivity index (χ3n) is 4.89. The molecule has 1 aliphatic heterocycles. The van der Waals surface area contributed by atoms with E-state index in [0.717, 1.165) is 36.9 Å². The molecule has 3 aromatic rings. The maximum Gasteiger partial charge on any atom is 0.234 e. The van der Waals surface area contributed by atoms with Crippen LogP contribution in [-0.2, 0) is 11.3 Å². The molecule has 1 aliphatic rings. The number of hydrogen-bond acceptors (Lipinski definition) is 5. The third-order valence-corrected chi connectivity index (χ3v) is 6.00. The van der Waals surface area contributed by atoms with Crippen molar-refractivity contribution in [1.29, 1.82) is 0 Å². The van der Waals surface area contributed by atoms with Crippen molar-refractivity contribution < 1.29 is 4.79 Å². The van der Waals surface area contributed by atoms with Gasteiger partial charge in [0.1, 0.15) is 0 Å². The van der Waals surface area contributed by atoms with Gasteiger partial charge in [-0.15, -0.1) is 0 Å². The summed E-state index contributed by atoms with van der Waals surface area (Å²) in [4.78, 5) is 22.6. The maximum absolute atomic E-state index is 12.2. The second kappa shape index (κ2) is 8.99. The number of aromatic nitrogens is 1. The van der Waals surface area contributed by atoms with Crippen LogP contribution in [0.2, 0.25) is 0 Å². The largest absolute Gasteiger partial charge is 0.351 e. The summed E-state index contributed by atoms with van der Waals surface area (Å²) >= 11 is 1.73. The molecular formula is C22H24N4OS. The molecular weight excluding hydrogens is 368 g/mol. The smallest absolute Gasteiger partial charge is 0.234 e. The number of piperazine rings is 1. The molecule has 2 aromatic carbocycles. The Labute approximate surface area is 169 Å². The van der Waals surface area contributed by atoms with Crippen molar-refractivity contribution in [2.24, 2.45) is 0 Å². The van der Waals surface area contributed by atoms with Gasteiger partial charge in [-0.3, -0.25) is 9.69 Å². The van der Waals surface area contributed by atoms with E-state index in [2.05, 4.69) is 44.4 Å². The number of amides is 1. The summed E-state index contributed by atoms with van der Waals surface area (Å²) in [6.45, 7) is 4.58. The summed E-state index contributed by atoms with van der Waals surface area (Å²) in [6, 6.07) is 20.4. The topological polar surface area (TPSA) is 48.5 Å². The number of benzene rings is 2. The van der Waals surface area contributed by atoms with E-state index in [1.807, 2.05) is 42.6 Å². The molecule has 4 rings (SSSR count). The lowest BCUT2D eigenvalue weighted by molar-refractivity contribution is -0.122. The fourth-order valence-electron chi connectivity index (χ4n) is 3.30. The Morgan fingerprint density at radius 3 is 2.36 bits per heavy atom. The minimum Gasteiger partial charge on any atom is -0.351 e. The molecule has 0 radical (unpaired) electrons. The first-order chi connectivity index (χ1) is 13.8. The highest BCUT2D eigenvalue weighted by molar-refractivity contribution is 7.18. The van der Waals surface area contributed by atoms with E-state index in [1.54, 1.807) is 11.3 Å². The van der Waals surface area contributed by atoms with E-state index in [9.17, 15) is 4.79 Å². The lowest BCUT2D eigenvalue weighted by atomic mass is 10.2. The van der Waals surface area contributed by atoms with Gasteiger partial charge in [-0.25, -0.2) is 4.98 Å². The van der Waals surface area contributed by atoms with Gasteiger partial charge in [0.15, 0.2) is 5.13 Å². The van der Waals surface area contributed by atoms with Crippen molar-refractivity contribution in [2.75, 3.05) is 37.6 Å². The zero-order valence-electron chi connectivity index (χ0n) is 15.8. The lowest BCUT2D eigenvalue weighted by Crippen LogP contribution is -2.49. The van der Waals surface area contributed by atoms with Crippen LogP contribution >= 0.6 is 11.3 Å². The molecule has 0 spiro atoms. The summed E-state index contributed by atoms with van der Waals surface area (Å²) in [5, 5.41) is 4.07. The normalized spacial score (nSPS) is 14.8. The first-order valence-electron chi connectivity index (χ1n) is 9.57. The number of thiazole rings is 1. The molecule has 1 N–H and O–H groups in total. The van der Waals surface area contributed by atoms with Crippen molar-refractivity contribution in [3.05, 3.63) is 72.4 Å². The molecule has 0 atom stereocenters. The van der Waals surface area contributed by atoms with E-state index in [-0.39, 0.29) is 5.91 Å². The van der Waals surface area contributed by atoms with Crippen LogP contribution < -0.4 is 10.2 Å². The molecule has 0 unspecified atom stereocenters. The monoisotopic (exact) mass is 392 g/mol. The van der Waals surface area contributed by atoms with E-state index >= 15 is 0 Å². The molecule has 2 heterocycles. The minimum absolute atomic E-state index is 0.0814. The highest BCUT2D eigenvalue weighted by Crippen LogP contribution is 2.31. The Hall–Kier alpha value is -2.70. The molecule has 28 heavy (non-hydrogen) atoms. The van der Waals surface area contributed by atoms with Crippen molar-refractivity contribution in [3.63, 3.8) is 0 Å². The van der Waals surface area contributed by atoms with Crippen molar-refractivity contribution >= 4 is 22.4 Å². The number of hydrogen-bond donors (Lipinski definition) is 1. The number of nitrogens with one attached hydrogen (secondary N) is 1. The number of nitrogens with zero attached hydrogens (tertiary/aromatic N) is 3. The number of carbonyl (C=O) groups excluding carboxylic acids is 1. The summed E-state index contributed by atoms with van der Waals surface area (Å²) in [5.74, 6) is 0.0814. The van der Waals surface area contributed by atoms with Gasteiger partial charge in [0.2, 0.25) is 5.91 Å². The summed E-state index contributed by atoms with van der Waals surface area (Å²) in [5.41, 5.74) is 2.33. The van der Waals surface area contributed by atoms with Gasteiger partial charge in [0.25, 0.3) is 0 Å². The highest BCUT2D eigenvalue weighted by atomic mass is 32.1. The molecule has 0 bridgehead atoms. The van der Waals surface area contributed by atoms with Gasteiger partial charge in [0, 0.05) is 38.9 Å². The predicted molar refractivity (Wildman–Crippen MR) is 114 cm³/mol. The van der Waals surface area contributed by atoms with Crippen molar-refractivity contribution in [2.45, 2.75) is 6.54 Å². The zero-order chi connectivity index (χ0) is 19.2. The molecule has 6 heteroatoms. The molecule has 1 saturated heterocycles. The van der Waals surface area contributed by atoms with Crippen molar-refractivity contribution in [1.82, 2.24) is 15.2 Å². The summed E-state index contributed by atoms with van der Waals surface area (Å²) < 4.78 is 0. The van der Waals surface area contributed by atoms with E-state index in [0.29, 0.717) is 13.1 Å². The van der Waals surface area contributed by atoms with Gasteiger partial charge < -0.3 is 10.2 Å².